The third-order valence-corrected chi connectivity index (χ3v) is 4.49. The van der Waals surface area contributed by atoms with E-state index in [1.807, 2.05) is 0 Å². The van der Waals surface area contributed by atoms with Crippen LogP contribution in [0.4, 0.5) is 13.2 Å². The molecule has 0 bridgehead atoms. The fourth-order valence-corrected chi connectivity index (χ4v) is 3.30. The Hall–Kier alpha value is -2.45. The fourth-order valence-electron chi connectivity index (χ4n) is 3.30. The van der Waals surface area contributed by atoms with Crippen molar-refractivity contribution in [2.45, 2.75) is 12.4 Å². The molecular weight excluding hydrogens is 361 g/mol. The summed E-state index contributed by atoms with van der Waals surface area (Å²) in [5.74, 6) is 0.101. The molecule has 0 aromatic heterocycles. The molecule has 1 aliphatic rings. The maximum absolute atomic E-state index is 12.4. The van der Waals surface area contributed by atoms with E-state index in [0.29, 0.717) is 11.3 Å². The first-order valence-electron chi connectivity index (χ1n) is 8.55. The van der Waals surface area contributed by atoms with E-state index in [0.717, 1.165) is 31.7 Å². The van der Waals surface area contributed by atoms with Gasteiger partial charge in [-0.25, -0.2) is 0 Å². The van der Waals surface area contributed by atoms with E-state index in [-0.39, 0.29) is 17.5 Å². The lowest BCUT2D eigenvalue weighted by Crippen LogP contribution is -2.45. The van der Waals surface area contributed by atoms with Crippen molar-refractivity contribution in [2.24, 2.45) is 0 Å². The average Bonchev–Trinajstić information content (AvgIpc) is 2.64. The minimum absolute atomic E-state index is 0.0270. The summed E-state index contributed by atoms with van der Waals surface area (Å²) >= 11 is 0. The van der Waals surface area contributed by atoms with Gasteiger partial charge in [0.15, 0.2) is 11.5 Å². The van der Waals surface area contributed by atoms with E-state index in [9.17, 15) is 18.3 Å². The average molecular weight is 382 g/mol. The lowest BCUT2D eigenvalue weighted by molar-refractivity contribution is -0.274. The summed E-state index contributed by atoms with van der Waals surface area (Å²) in [6, 6.07) is 10.7. The lowest BCUT2D eigenvalue weighted by Gasteiger charge is -2.36. The van der Waals surface area contributed by atoms with Crippen molar-refractivity contribution in [3.63, 3.8) is 0 Å². The zero-order chi connectivity index (χ0) is 19.4. The summed E-state index contributed by atoms with van der Waals surface area (Å²) in [4.78, 5) is 2.17. The highest BCUT2D eigenvalue weighted by atomic mass is 19.4. The highest BCUT2D eigenvalue weighted by Gasteiger charge is 2.32. The lowest BCUT2D eigenvalue weighted by atomic mass is 9.95. The summed E-state index contributed by atoms with van der Waals surface area (Å²) in [5, 5.41) is 13.9. The minimum atomic E-state index is -4.73. The molecule has 2 aromatic carbocycles. The van der Waals surface area contributed by atoms with Gasteiger partial charge in [-0.05, 0) is 23.8 Å². The van der Waals surface area contributed by atoms with Gasteiger partial charge in [-0.2, -0.15) is 0 Å². The molecule has 1 saturated heterocycles. The summed E-state index contributed by atoms with van der Waals surface area (Å²) in [6.07, 6.45) is -4.73. The summed E-state index contributed by atoms with van der Waals surface area (Å²) in [6.45, 7) is 3.05. The number of methoxy groups -OCH3 is 1. The van der Waals surface area contributed by atoms with E-state index in [4.69, 9.17) is 4.74 Å². The van der Waals surface area contributed by atoms with Crippen molar-refractivity contribution >= 4 is 0 Å². The Labute approximate surface area is 155 Å². The van der Waals surface area contributed by atoms with Gasteiger partial charge in [0, 0.05) is 31.7 Å². The molecule has 0 aliphatic carbocycles. The topological polar surface area (TPSA) is 54.0 Å². The third kappa shape index (κ3) is 4.64. The number of rotatable bonds is 5. The van der Waals surface area contributed by atoms with E-state index in [1.165, 1.54) is 19.2 Å². The highest BCUT2D eigenvalue weighted by molar-refractivity contribution is 5.50. The Morgan fingerprint density at radius 1 is 1.07 bits per heavy atom. The number of halogens is 3. The number of phenolic OH excluding ortho intramolecular Hbond substituents is 1. The molecule has 0 radical (unpaired) electrons. The van der Waals surface area contributed by atoms with Crippen LogP contribution in [0.5, 0.6) is 17.2 Å². The summed E-state index contributed by atoms with van der Waals surface area (Å²) in [7, 11) is 1.47. The normalized spacial score (nSPS) is 16.7. The van der Waals surface area contributed by atoms with Crippen LogP contribution in [0.1, 0.15) is 17.2 Å². The van der Waals surface area contributed by atoms with Gasteiger partial charge in [0.1, 0.15) is 5.75 Å². The van der Waals surface area contributed by atoms with Crippen LogP contribution >= 0.6 is 0 Å². The predicted molar refractivity (Wildman–Crippen MR) is 94.1 cm³/mol. The molecule has 146 valence electrons. The standard InChI is InChI=1S/C19H21F3N2O3/c1-26-16-4-2-3-15(18(16)25)17(24-11-9-23-10-12-24)13-5-7-14(8-6-13)27-19(20,21)22/h2-8,17,23,25H,9-12H2,1H3/t17-/m0/s1. The second-order valence-corrected chi connectivity index (χ2v) is 6.20. The number of nitrogens with one attached hydrogen (secondary N) is 1. The smallest absolute Gasteiger partial charge is 0.504 e. The van der Waals surface area contributed by atoms with Crippen molar-refractivity contribution < 1.29 is 27.8 Å². The molecule has 2 N–H and O–H groups in total. The number of hydrogen-bond acceptors (Lipinski definition) is 5. The van der Waals surface area contributed by atoms with Gasteiger partial charge < -0.3 is 19.9 Å². The van der Waals surface area contributed by atoms with Crippen LogP contribution in [0.25, 0.3) is 0 Å². The second kappa shape index (κ2) is 8.06. The van der Waals surface area contributed by atoms with Gasteiger partial charge in [-0.15, -0.1) is 13.2 Å². The monoisotopic (exact) mass is 382 g/mol. The van der Waals surface area contributed by atoms with Crippen LogP contribution in [0.15, 0.2) is 42.5 Å². The van der Waals surface area contributed by atoms with Crippen LogP contribution < -0.4 is 14.8 Å². The van der Waals surface area contributed by atoms with E-state index in [1.54, 1.807) is 30.3 Å². The SMILES string of the molecule is COc1cccc([C@H](c2ccc(OC(F)(F)F)cc2)N2CCNCC2)c1O. The number of para-hydroxylation sites is 1. The Balaban J connectivity index is 1.98. The van der Waals surface area contributed by atoms with Crippen molar-refractivity contribution in [1.29, 1.82) is 0 Å². The number of aromatic hydroxyl groups is 1. The molecule has 3 rings (SSSR count). The van der Waals surface area contributed by atoms with E-state index in [2.05, 4.69) is 15.0 Å². The van der Waals surface area contributed by atoms with Gasteiger partial charge in [-0.1, -0.05) is 24.3 Å². The molecule has 5 nitrogen and oxygen atoms in total. The Morgan fingerprint density at radius 2 is 1.74 bits per heavy atom. The van der Waals surface area contributed by atoms with Crippen LogP contribution in [-0.2, 0) is 0 Å². The number of alkyl halides is 3. The molecule has 2 aromatic rings. The van der Waals surface area contributed by atoms with Crippen LogP contribution in [0.2, 0.25) is 0 Å². The van der Waals surface area contributed by atoms with Gasteiger partial charge >= 0.3 is 6.36 Å². The van der Waals surface area contributed by atoms with Gasteiger partial charge in [0.05, 0.1) is 13.2 Å². The molecule has 1 fully saturated rings. The van der Waals surface area contributed by atoms with E-state index >= 15 is 0 Å². The molecular formula is C19H21F3N2O3. The summed E-state index contributed by atoms with van der Waals surface area (Å²) < 4.78 is 46.4. The number of nitrogens with zero attached hydrogens (tertiary/aromatic N) is 1. The first kappa shape index (κ1) is 19.3. The van der Waals surface area contributed by atoms with Gasteiger partial charge in [0.2, 0.25) is 0 Å². The third-order valence-electron chi connectivity index (χ3n) is 4.49. The Bertz CT molecular complexity index is 760. The Kier molecular flexibility index (Phi) is 5.76. The predicted octanol–water partition coefficient (Wildman–Crippen LogP) is 3.29. The van der Waals surface area contributed by atoms with Crippen molar-refractivity contribution in [3.8, 4) is 17.2 Å². The second-order valence-electron chi connectivity index (χ2n) is 6.20. The van der Waals surface area contributed by atoms with Gasteiger partial charge in [-0.3, -0.25) is 4.90 Å². The first-order valence-corrected chi connectivity index (χ1v) is 8.55. The van der Waals surface area contributed by atoms with Crippen molar-refractivity contribution in [1.82, 2.24) is 10.2 Å². The largest absolute Gasteiger partial charge is 0.573 e. The number of phenols is 1. The maximum atomic E-state index is 12.4. The van der Waals surface area contributed by atoms with Crippen LogP contribution in [0, 0.1) is 0 Å². The minimum Gasteiger partial charge on any atom is -0.504 e. The number of piperazine rings is 1. The van der Waals surface area contributed by atoms with Crippen LogP contribution in [0.3, 0.4) is 0 Å². The number of ether oxygens (including phenoxy) is 2. The quantitative estimate of drug-likeness (QED) is 0.831. The highest BCUT2D eigenvalue weighted by Crippen LogP contribution is 2.40. The molecule has 0 saturated carbocycles. The molecule has 27 heavy (non-hydrogen) atoms. The number of hydrogen-bond donors (Lipinski definition) is 2. The zero-order valence-electron chi connectivity index (χ0n) is 14.8. The fraction of sp³-hybridized carbons (Fsp3) is 0.368. The molecule has 1 aliphatic heterocycles. The first-order chi connectivity index (χ1) is 12.9. The van der Waals surface area contributed by atoms with Crippen molar-refractivity contribution in [2.75, 3.05) is 33.3 Å². The molecule has 8 heteroatoms. The molecule has 0 unspecified atom stereocenters. The molecule has 0 spiro atoms. The molecule has 1 atom stereocenters. The maximum Gasteiger partial charge on any atom is 0.573 e. The molecule has 1 heterocycles. The van der Waals surface area contributed by atoms with Gasteiger partial charge in [0.25, 0.3) is 0 Å². The van der Waals surface area contributed by atoms with Crippen LogP contribution in [-0.4, -0.2) is 49.7 Å². The number of benzene rings is 2. The zero-order valence-corrected chi connectivity index (χ0v) is 14.8. The van der Waals surface area contributed by atoms with E-state index < -0.39 is 6.36 Å². The Morgan fingerprint density at radius 3 is 2.33 bits per heavy atom. The molecule has 0 amide bonds. The van der Waals surface area contributed by atoms with Crippen molar-refractivity contribution in [3.05, 3.63) is 53.6 Å². The summed E-state index contributed by atoms with van der Waals surface area (Å²) in [5.41, 5.74) is 1.40.